The first kappa shape index (κ1) is 16.7. The number of hydrogen-bond acceptors (Lipinski definition) is 5. The van der Waals surface area contributed by atoms with E-state index in [0.717, 1.165) is 16.3 Å². The van der Waals surface area contributed by atoms with Gasteiger partial charge in [0, 0.05) is 10.9 Å². The first-order chi connectivity index (χ1) is 11.6. The topological polar surface area (TPSA) is 51.2 Å². The van der Waals surface area contributed by atoms with Crippen LogP contribution in [-0.4, -0.2) is 17.5 Å². The smallest absolute Gasteiger partial charge is 0.257 e. The van der Waals surface area contributed by atoms with E-state index in [1.165, 1.54) is 11.3 Å². The van der Waals surface area contributed by atoms with E-state index >= 15 is 0 Å². The van der Waals surface area contributed by atoms with Crippen molar-refractivity contribution in [3.05, 3.63) is 52.7 Å². The van der Waals surface area contributed by atoms with Crippen LogP contribution in [0.1, 0.15) is 24.2 Å². The molecule has 0 aliphatic carbocycles. The van der Waals surface area contributed by atoms with E-state index in [9.17, 15) is 4.79 Å². The molecule has 1 N–H and O–H groups in total. The lowest BCUT2D eigenvalue weighted by molar-refractivity contribution is 0.102. The minimum absolute atomic E-state index is 0.169. The molecule has 0 unspecified atom stereocenters. The number of thiophene rings is 1. The van der Waals surface area contributed by atoms with Crippen molar-refractivity contribution in [1.82, 2.24) is 4.98 Å². The third-order valence-corrected chi connectivity index (χ3v) is 4.85. The van der Waals surface area contributed by atoms with Gasteiger partial charge in [0.2, 0.25) is 0 Å². The zero-order valence-corrected chi connectivity index (χ0v) is 15.1. The number of carbonyl (C=O) groups is 1. The van der Waals surface area contributed by atoms with Crippen molar-refractivity contribution < 1.29 is 9.53 Å². The van der Waals surface area contributed by atoms with E-state index in [0.29, 0.717) is 23.2 Å². The average molecular weight is 358 g/mol. The Kier molecular flexibility index (Phi) is 5.27. The zero-order chi connectivity index (χ0) is 16.9. The standard InChI is InChI=1S/C18H18N2O2S2/c1-12(2)10-22-14-7-5-13(6-8-14)17(21)20-18-19-15(11-24-18)16-4-3-9-23-16/h3-9,11-12H,10H2,1-2H3,(H,19,20,21). The monoisotopic (exact) mass is 358 g/mol. The normalized spacial score (nSPS) is 10.8. The van der Waals surface area contributed by atoms with Gasteiger partial charge in [-0.2, -0.15) is 0 Å². The quantitative estimate of drug-likeness (QED) is 0.662. The maximum Gasteiger partial charge on any atom is 0.257 e. The summed E-state index contributed by atoms with van der Waals surface area (Å²) in [6.07, 6.45) is 0. The van der Waals surface area contributed by atoms with Crippen molar-refractivity contribution in [1.29, 1.82) is 0 Å². The Morgan fingerprint density at radius 3 is 2.67 bits per heavy atom. The molecule has 0 fully saturated rings. The van der Waals surface area contributed by atoms with E-state index in [4.69, 9.17) is 4.74 Å². The number of carbonyl (C=O) groups excluding carboxylic acids is 1. The van der Waals surface area contributed by atoms with E-state index in [1.807, 2.05) is 35.0 Å². The van der Waals surface area contributed by atoms with Gasteiger partial charge in [-0.15, -0.1) is 22.7 Å². The maximum absolute atomic E-state index is 12.3. The van der Waals surface area contributed by atoms with Crippen LogP contribution in [0.25, 0.3) is 10.6 Å². The average Bonchev–Trinajstić information content (AvgIpc) is 3.24. The molecule has 0 radical (unpaired) electrons. The lowest BCUT2D eigenvalue weighted by atomic mass is 10.2. The summed E-state index contributed by atoms with van der Waals surface area (Å²) in [4.78, 5) is 17.9. The Morgan fingerprint density at radius 2 is 2.00 bits per heavy atom. The van der Waals surface area contributed by atoms with Gasteiger partial charge < -0.3 is 4.74 Å². The minimum atomic E-state index is -0.169. The predicted octanol–water partition coefficient (Wildman–Crippen LogP) is 5.16. The number of anilines is 1. The lowest BCUT2D eigenvalue weighted by Gasteiger charge is -2.09. The molecule has 1 aromatic carbocycles. The molecule has 0 saturated heterocycles. The summed E-state index contributed by atoms with van der Waals surface area (Å²) in [7, 11) is 0. The predicted molar refractivity (Wildman–Crippen MR) is 100 cm³/mol. The highest BCUT2D eigenvalue weighted by atomic mass is 32.1. The van der Waals surface area contributed by atoms with Crippen LogP contribution in [-0.2, 0) is 0 Å². The Labute approximate surface area is 149 Å². The van der Waals surface area contributed by atoms with Gasteiger partial charge in [0.25, 0.3) is 5.91 Å². The minimum Gasteiger partial charge on any atom is -0.493 e. The fourth-order valence-electron chi connectivity index (χ4n) is 2.00. The second kappa shape index (κ2) is 7.59. The van der Waals surface area contributed by atoms with Crippen LogP contribution in [0.15, 0.2) is 47.2 Å². The molecule has 4 nitrogen and oxygen atoms in total. The zero-order valence-electron chi connectivity index (χ0n) is 13.5. The summed E-state index contributed by atoms with van der Waals surface area (Å²) in [5, 5.41) is 7.40. The summed E-state index contributed by atoms with van der Waals surface area (Å²) in [6.45, 7) is 4.86. The van der Waals surface area contributed by atoms with Crippen molar-refractivity contribution in [2.75, 3.05) is 11.9 Å². The third kappa shape index (κ3) is 4.21. The SMILES string of the molecule is CC(C)COc1ccc(C(=O)Nc2nc(-c3cccs3)cs2)cc1. The molecule has 0 saturated carbocycles. The largest absolute Gasteiger partial charge is 0.493 e. The van der Waals surface area contributed by atoms with E-state index in [2.05, 4.69) is 24.1 Å². The van der Waals surface area contributed by atoms with E-state index < -0.39 is 0 Å². The van der Waals surface area contributed by atoms with Crippen LogP contribution in [0.5, 0.6) is 5.75 Å². The number of benzene rings is 1. The van der Waals surface area contributed by atoms with Gasteiger partial charge in [-0.25, -0.2) is 4.98 Å². The second-order valence-electron chi connectivity index (χ2n) is 5.70. The van der Waals surface area contributed by atoms with Crippen molar-refractivity contribution in [2.45, 2.75) is 13.8 Å². The molecule has 3 aromatic rings. The lowest BCUT2D eigenvalue weighted by Crippen LogP contribution is -2.11. The molecule has 0 aliphatic rings. The summed E-state index contributed by atoms with van der Waals surface area (Å²) in [5.74, 6) is 1.07. The van der Waals surface area contributed by atoms with Gasteiger partial charge in [-0.3, -0.25) is 10.1 Å². The molecule has 0 atom stereocenters. The van der Waals surface area contributed by atoms with Crippen LogP contribution < -0.4 is 10.1 Å². The van der Waals surface area contributed by atoms with Crippen LogP contribution in [0.2, 0.25) is 0 Å². The number of amides is 1. The highest BCUT2D eigenvalue weighted by Crippen LogP contribution is 2.28. The molecule has 24 heavy (non-hydrogen) atoms. The molecule has 124 valence electrons. The van der Waals surface area contributed by atoms with Gasteiger partial charge in [0.1, 0.15) is 5.75 Å². The second-order valence-corrected chi connectivity index (χ2v) is 7.50. The van der Waals surface area contributed by atoms with E-state index in [-0.39, 0.29) is 5.91 Å². The number of thiazole rings is 1. The van der Waals surface area contributed by atoms with Crippen LogP contribution >= 0.6 is 22.7 Å². The fourth-order valence-corrected chi connectivity index (χ4v) is 3.47. The summed E-state index contributed by atoms with van der Waals surface area (Å²) in [6, 6.07) is 11.2. The number of aromatic nitrogens is 1. The highest BCUT2D eigenvalue weighted by Gasteiger charge is 2.10. The molecular weight excluding hydrogens is 340 g/mol. The molecule has 6 heteroatoms. The molecule has 0 aliphatic heterocycles. The molecule has 0 bridgehead atoms. The van der Waals surface area contributed by atoms with Crippen molar-refractivity contribution in [2.24, 2.45) is 5.92 Å². The van der Waals surface area contributed by atoms with Gasteiger partial charge >= 0.3 is 0 Å². The summed E-state index contributed by atoms with van der Waals surface area (Å²) >= 11 is 3.05. The molecule has 2 aromatic heterocycles. The fraction of sp³-hybridized carbons (Fsp3) is 0.222. The number of rotatable bonds is 6. The first-order valence-corrected chi connectivity index (χ1v) is 9.41. The Bertz CT molecular complexity index is 793. The van der Waals surface area contributed by atoms with Gasteiger partial charge in [-0.05, 0) is 41.6 Å². The van der Waals surface area contributed by atoms with Crippen molar-refractivity contribution >= 4 is 33.7 Å². The Hall–Kier alpha value is -2.18. The van der Waals surface area contributed by atoms with Crippen LogP contribution in [0, 0.1) is 5.92 Å². The maximum atomic E-state index is 12.3. The molecule has 1 amide bonds. The highest BCUT2D eigenvalue weighted by molar-refractivity contribution is 7.16. The molecule has 0 spiro atoms. The van der Waals surface area contributed by atoms with Crippen molar-refractivity contribution in [3.8, 4) is 16.3 Å². The van der Waals surface area contributed by atoms with Crippen LogP contribution in [0.3, 0.4) is 0 Å². The van der Waals surface area contributed by atoms with Gasteiger partial charge in [0.15, 0.2) is 5.13 Å². The van der Waals surface area contributed by atoms with Gasteiger partial charge in [0.05, 0.1) is 17.2 Å². The Morgan fingerprint density at radius 1 is 1.21 bits per heavy atom. The third-order valence-electron chi connectivity index (χ3n) is 3.20. The summed E-state index contributed by atoms with van der Waals surface area (Å²) in [5.41, 5.74) is 1.47. The molecule has 2 heterocycles. The van der Waals surface area contributed by atoms with Crippen molar-refractivity contribution in [3.63, 3.8) is 0 Å². The molecular formula is C18H18N2O2S2. The number of nitrogens with zero attached hydrogens (tertiary/aromatic N) is 1. The number of hydrogen-bond donors (Lipinski definition) is 1. The summed E-state index contributed by atoms with van der Waals surface area (Å²) < 4.78 is 5.62. The molecule has 3 rings (SSSR count). The first-order valence-electron chi connectivity index (χ1n) is 7.65. The number of nitrogens with one attached hydrogen (secondary N) is 1. The Balaban J connectivity index is 1.62. The van der Waals surface area contributed by atoms with E-state index in [1.54, 1.807) is 23.5 Å². The van der Waals surface area contributed by atoms with Gasteiger partial charge in [-0.1, -0.05) is 19.9 Å². The number of ether oxygens (including phenoxy) is 1. The van der Waals surface area contributed by atoms with Crippen LogP contribution in [0.4, 0.5) is 5.13 Å².